The molecule has 1 aliphatic heterocycles. The van der Waals surface area contributed by atoms with Crippen molar-refractivity contribution in [2.24, 2.45) is 5.92 Å². The summed E-state index contributed by atoms with van der Waals surface area (Å²) in [4.78, 5) is 16.7. The first kappa shape index (κ1) is 31.0. The van der Waals surface area contributed by atoms with Crippen molar-refractivity contribution in [1.82, 2.24) is 19.7 Å². The minimum atomic E-state index is -4.33. The second kappa shape index (κ2) is 12.9. The Kier molecular flexibility index (Phi) is 9.78. The van der Waals surface area contributed by atoms with E-state index in [0.29, 0.717) is 11.2 Å². The molecule has 1 saturated heterocycles. The van der Waals surface area contributed by atoms with Gasteiger partial charge in [0.15, 0.2) is 0 Å². The lowest BCUT2D eigenvalue weighted by molar-refractivity contribution is -0.189. The minimum Gasteiger partial charge on any atom is -0.464 e. The Morgan fingerprint density at radius 3 is 2.61 bits per heavy atom. The highest BCUT2D eigenvalue weighted by Gasteiger charge is 2.58. The van der Waals surface area contributed by atoms with Gasteiger partial charge in [-0.25, -0.2) is 18.5 Å². The average Bonchev–Trinajstić information content (AvgIpc) is 3.49. The number of rotatable bonds is 13. The Balaban J connectivity index is 1.50. The first-order valence-corrected chi connectivity index (χ1v) is 15.0. The van der Waals surface area contributed by atoms with Crippen LogP contribution in [0, 0.1) is 12.8 Å². The van der Waals surface area contributed by atoms with Gasteiger partial charge in [-0.15, -0.1) is 0 Å². The third-order valence-corrected chi connectivity index (χ3v) is 8.74. The smallest absolute Gasteiger partial charge is 0.459 e. The molecule has 12 nitrogen and oxygen atoms in total. The highest BCUT2D eigenvalue weighted by molar-refractivity contribution is 7.52. The monoisotopic (exact) mass is 594 g/mol. The van der Waals surface area contributed by atoms with Crippen LogP contribution < -0.4 is 9.61 Å². The van der Waals surface area contributed by atoms with E-state index in [2.05, 4.69) is 15.2 Å². The molecule has 3 heterocycles. The van der Waals surface area contributed by atoms with Crippen molar-refractivity contribution in [1.29, 1.82) is 0 Å². The zero-order chi connectivity index (χ0) is 29.8. The van der Waals surface area contributed by atoms with Gasteiger partial charge < -0.3 is 24.2 Å². The van der Waals surface area contributed by atoms with Crippen molar-refractivity contribution in [2.45, 2.75) is 70.7 Å². The molecule has 224 valence electrons. The second-order valence-corrected chi connectivity index (χ2v) is 11.7. The Hall–Kier alpha value is -2.93. The predicted molar refractivity (Wildman–Crippen MR) is 146 cm³/mol. The first-order chi connectivity index (χ1) is 19.5. The number of nitrogens with one attached hydrogen (secondary N) is 1. The highest BCUT2D eigenvalue weighted by Crippen LogP contribution is 2.47. The SMILES string of the molecule is CCC(CC)COC(=O)[C@H](C)N[P@](=O)(OC[C@H]1O[C@@](F)(c2ccc3c(C)ncnn23)[C@H](O)[C@@H]1O)Oc1ccccc1. The number of fused-ring (bicyclic) bond motifs is 1. The lowest BCUT2D eigenvalue weighted by atomic mass is 10.0. The van der Waals surface area contributed by atoms with Crippen LogP contribution in [0.1, 0.15) is 45.0 Å². The molecule has 3 N–H and O–H groups in total. The van der Waals surface area contributed by atoms with Crippen LogP contribution in [0.25, 0.3) is 5.52 Å². The van der Waals surface area contributed by atoms with E-state index >= 15 is 4.39 Å². The largest absolute Gasteiger partial charge is 0.464 e. The van der Waals surface area contributed by atoms with Crippen LogP contribution in [0.4, 0.5) is 4.39 Å². The van der Waals surface area contributed by atoms with Crippen LogP contribution in [-0.4, -0.2) is 68.3 Å². The van der Waals surface area contributed by atoms with Crippen LogP contribution >= 0.6 is 7.75 Å². The summed E-state index contributed by atoms with van der Waals surface area (Å²) < 4.78 is 53.2. The maximum Gasteiger partial charge on any atom is 0.459 e. The van der Waals surface area contributed by atoms with E-state index < -0.39 is 50.5 Å². The molecule has 1 aromatic carbocycles. The molecular weight excluding hydrogens is 558 g/mol. The predicted octanol–water partition coefficient (Wildman–Crippen LogP) is 3.44. The standard InChI is InChI=1S/C27H36FN4O8P/c1-5-19(6-2)14-37-26(35)18(4)31-41(36,40-20-10-8-7-9-11-20)38-15-22-24(33)25(34)27(28,39-22)23-13-12-21-17(3)29-16-30-32(21)23/h7-13,16,18-19,22,24-25,33-34H,5-6,14-15H2,1-4H3,(H,31,36)/t18-,22+,24+,25+,27-,41-/m0/s1. The second-order valence-electron chi connectivity index (χ2n) is 9.96. The summed E-state index contributed by atoms with van der Waals surface area (Å²) in [6, 6.07) is 9.93. The van der Waals surface area contributed by atoms with Crippen molar-refractivity contribution >= 4 is 19.2 Å². The van der Waals surface area contributed by atoms with Crippen LogP contribution in [0.5, 0.6) is 5.75 Å². The van der Waals surface area contributed by atoms with Crippen molar-refractivity contribution in [3.63, 3.8) is 0 Å². The van der Waals surface area contributed by atoms with Crippen molar-refractivity contribution in [2.75, 3.05) is 13.2 Å². The van der Waals surface area contributed by atoms with Gasteiger partial charge >= 0.3 is 13.7 Å². The number of benzene rings is 1. The lowest BCUT2D eigenvalue weighted by Gasteiger charge is -2.25. The normalized spacial score (nSPS) is 24.8. The molecule has 1 fully saturated rings. The minimum absolute atomic E-state index is 0.164. The van der Waals surface area contributed by atoms with Gasteiger partial charge in [-0.05, 0) is 44.0 Å². The molecule has 41 heavy (non-hydrogen) atoms. The van der Waals surface area contributed by atoms with E-state index in [0.717, 1.165) is 12.8 Å². The number of nitrogens with zero attached hydrogens (tertiary/aromatic N) is 3. The number of para-hydroxylation sites is 1. The van der Waals surface area contributed by atoms with E-state index in [4.69, 9.17) is 18.5 Å². The molecule has 0 spiro atoms. The van der Waals surface area contributed by atoms with Gasteiger partial charge in [0.25, 0.3) is 5.85 Å². The maximum atomic E-state index is 16.2. The van der Waals surface area contributed by atoms with Gasteiger partial charge in [0.1, 0.15) is 42.1 Å². The number of alkyl halides is 1. The van der Waals surface area contributed by atoms with Gasteiger partial charge in [-0.2, -0.15) is 10.2 Å². The fourth-order valence-corrected chi connectivity index (χ4v) is 5.97. The number of ether oxygens (including phenoxy) is 2. The lowest BCUT2D eigenvalue weighted by Crippen LogP contribution is -2.39. The van der Waals surface area contributed by atoms with Crippen molar-refractivity contribution in [3.05, 3.63) is 60.2 Å². The van der Waals surface area contributed by atoms with Gasteiger partial charge in [-0.1, -0.05) is 44.9 Å². The van der Waals surface area contributed by atoms with Gasteiger partial charge in [0, 0.05) is 0 Å². The molecule has 0 unspecified atom stereocenters. The molecule has 0 bridgehead atoms. The summed E-state index contributed by atoms with van der Waals surface area (Å²) in [6.07, 6.45) is -2.35. The Morgan fingerprint density at radius 1 is 1.22 bits per heavy atom. The number of halogens is 1. The molecular formula is C27H36FN4O8P. The molecule has 0 radical (unpaired) electrons. The third-order valence-electron chi connectivity index (χ3n) is 7.10. The molecule has 14 heteroatoms. The number of carbonyl (C=O) groups is 1. The summed E-state index contributed by atoms with van der Waals surface area (Å²) in [5, 5.41) is 27.9. The Bertz CT molecular complexity index is 1370. The number of carbonyl (C=O) groups excluding carboxylic acids is 1. The van der Waals surface area contributed by atoms with Crippen molar-refractivity contribution < 1.29 is 42.5 Å². The molecule has 0 amide bonds. The molecule has 4 rings (SSSR count). The summed E-state index contributed by atoms with van der Waals surface area (Å²) >= 11 is 0. The highest BCUT2D eigenvalue weighted by atomic mass is 31.2. The summed E-state index contributed by atoms with van der Waals surface area (Å²) in [5.41, 5.74) is 0.891. The van der Waals surface area contributed by atoms with E-state index in [1.165, 1.54) is 36.0 Å². The van der Waals surface area contributed by atoms with E-state index in [-0.39, 0.29) is 24.0 Å². The summed E-state index contributed by atoms with van der Waals surface area (Å²) in [5.74, 6) is -3.17. The molecule has 1 aliphatic rings. The quantitative estimate of drug-likeness (QED) is 0.197. The van der Waals surface area contributed by atoms with Crippen LogP contribution in [-0.2, 0) is 29.2 Å². The van der Waals surface area contributed by atoms with Crippen LogP contribution in [0.2, 0.25) is 0 Å². The fraction of sp³-hybridized carbons (Fsp3) is 0.519. The molecule has 0 saturated carbocycles. The third kappa shape index (κ3) is 6.77. The van der Waals surface area contributed by atoms with E-state index in [9.17, 15) is 19.6 Å². The zero-order valence-corrected chi connectivity index (χ0v) is 24.2. The number of hydrogen-bond acceptors (Lipinski definition) is 10. The Labute approximate surface area is 237 Å². The number of aliphatic hydroxyl groups excluding tert-OH is 2. The van der Waals surface area contributed by atoms with Gasteiger partial charge in [0.05, 0.1) is 24.4 Å². The number of aromatic nitrogens is 3. The topological polar surface area (TPSA) is 154 Å². The molecule has 2 aromatic heterocycles. The number of esters is 1. The summed E-state index contributed by atoms with van der Waals surface area (Å²) in [6.45, 7) is 6.70. The molecule has 0 aliphatic carbocycles. The van der Waals surface area contributed by atoms with E-state index in [1.807, 2.05) is 13.8 Å². The Morgan fingerprint density at radius 2 is 1.93 bits per heavy atom. The zero-order valence-electron chi connectivity index (χ0n) is 23.3. The first-order valence-electron chi connectivity index (χ1n) is 13.5. The fourth-order valence-electron chi connectivity index (χ4n) is 4.46. The number of hydrogen-bond donors (Lipinski definition) is 3. The average molecular weight is 595 g/mol. The van der Waals surface area contributed by atoms with Gasteiger partial charge in [0.2, 0.25) is 0 Å². The van der Waals surface area contributed by atoms with Crippen molar-refractivity contribution in [3.8, 4) is 5.75 Å². The maximum absolute atomic E-state index is 16.2. The van der Waals surface area contributed by atoms with Gasteiger partial charge in [-0.3, -0.25) is 9.32 Å². The summed E-state index contributed by atoms with van der Waals surface area (Å²) in [7, 11) is -4.33. The van der Waals surface area contributed by atoms with E-state index in [1.54, 1.807) is 31.2 Å². The molecule has 3 aromatic rings. The number of aliphatic hydroxyl groups is 2. The molecule has 6 atom stereocenters. The van der Waals surface area contributed by atoms with Crippen LogP contribution in [0.15, 0.2) is 48.8 Å². The number of aryl methyl sites for hydroxylation is 1. The van der Waals surface area contributed by atoms with Crippen LogP contribution in [0.3, 0.4) is 0 Å².